The molecule has 0 radical (unpaired) electrons. The molecule has 0 saturated carbocycles. The van der Waals surface area contributed by atoms with E-state index in [4.69, 9.17) is 9.47 Å². The highest BCUT2D eigenvalue weighted by atomic mass is 79.9. The third-order valence-electron chi connectivity index (χ3n) is 5.03. The van der Waals surface area contributed by atoms with Crippen molar-refractivity contribution in [2.45, 2.75) is 13.5 Å². The predicted octanol–water partition coefficient (Wildman–Crippen LogP) is 7.95. The van der Waals surface area contributed by atoms with Gasteiger partial charge < -0.3 is 9.47 Å². The van der Waals surface area contributed by atoms with Crippen LogP contribution < -0.4 is 9.47 Å². The third-order valence-corrected chi connectivity index (χ3v) is 5.52. The van der Waals surface area contributed by atoms with Crippen LogP contribution in [0.5, 0.6) is 11.8 Å². The molecule has 34 heavy (non-hydrogen) atoms. The summed E-state index contributed by atoms with van der Waals surface area (Å²) >= 11 is 3.54. The Morgan fingerprint density at radius 3 is 2.53 bits per heavy atom. The molecule has 0 unspecified atom stereocenters. The Bertz CT molecular complexity index is 1290. The number of nitrogens with zero attached hydrogens (tertiary/aromatic N) is 2. The van der Waals surface area contributed by atoms with Gasteiger partial charge in [0.05, 0.1) is 5.52 Å². The summed E-state index contributed by atoms with van der Waals surface area (Å²) in [5.74, 6) is 0.998. The lowest BCUT2D eigenvalue weighted by Crippen LogP contribution is -2.04. The first kappa shape index (κ1) is 24.9. The zero-order chi connectivity index (χ0) is 24.3. The summed E-state index contributed by atoms with van der Waals surface area (Å²) in [6.07, 6.45) is 5.59. The van der Waals surface area contributed by atoms with Crippen LogP contribution >= 0.6 is 15.9 Å². The van der Waals surface area contributed by atoms with Gasteiger partial charge in [0.1, 0.15) is 13.2 Å². The number of aromatic nitrogens is 2. The van der Waals surface area contributed by atoms with Crippen LogP contribution in [0.3, 0.4) is 0 Å². The molecule has 4 nitrogen and oxygen atoms in total. The van der Waals surface area contributed by atoms with Gasteiger partial charge in [-0.2, -0.15) is 4.98 Å². The molecule has 0 aliphatic carbocycles. The molecule has 0 bridgehead atoms. The van der Waals surface area contributed by atoms with Gasteiger partial charge in [-0.15, -0.1) is 13.2 Å². The van der Waals surface area contributed by atoms with Gasteiger partial charge in [0, 0.05) is 33.2 Å². The van der Waals surface area contributed by atoms with Crippen LogP contribution in [0.4, 0.5) is 0 Å². The van der Waals surface area contributed by atoms with Crippen molar-refractivity contribution in [2.24, 2.45) is 0 Å². The standard InChI is InChI=1S/C27H23BrN2O2.C2H4/c1-3-19(4-2)17-31-26-13-11-24(27(30-26)32-18-20-8-6-5-7-9-20)22-14-21-15-23(28)10-12-25(21)29-16-22;1-2/h3-16H,1,17-18H2,2H3;1-2H2/b19-4+;. The average molecular weight is 515 g/mol. The van der Waals surface area contributed by atoms with Crippen molar-refractivity contribution in [3.05, 3.63) is 120 Å². The number of pyridine rings is 2. The van der Waals surface area contributed by atoms with Crippen LogP contribution in [0, 0.1) is 0 Å². The van der Waals surface area contributed by atoms with Gasteiger partial charge in [-0.3, -0.25) is 4.98 Å². The van der Waals surface area contributed by atoms with E-state index < -0.39 is 0 Å². The summed E-state index contributed by atoms with van der Waals surface area (Å²) in [4.78, 5) is 9.27. The Hall–Kier alpha value is -3.70. The Morgan fingerprint density at radius 2 is 1.79 bits per heavy atom. The van der Waals surface area contributed by atoms with E-state index in [9.17, 15) is 0 Å². The lowest BCUT2D eigenvalue weighted by atomic mass is 10.1. The number of hydrogen-bond acceptors (Lipinski definition) is 4. The Labute approximate surface area is 209 Å². The molecule has 4 rings (SSSR count). The van der Waals surface area contributed by atoms with Crippen LogP contribution in [-0.2, 0) is 6.61 Å². The fourth-order valence-corrected chi connectivity index (χ4v) is 3.61. The summed E-state index contributed by atoms with van der Waals surface area (Å²) in [5, 5.41) is 1.04. The van der Waals surface area contributed by atoms with Crippen molar-refractivity contribution in [1.82, 2.24) is 9.97 Å². The van der Waals surface area contributed by atoms with Crippen LogP contribution in [0.1, 0.15) is 12.5 Å². The summed E-state index contributed by atoms with van der Waals surface area (Å²) in [7, 11) is 0. The molecule has 0 amide bonds. The van der Waals surface area contributed by atoms with E-state index in [2.05, 4.69) is 57.8 Å². The molecule has 4 aromatic rings. The molecular weight excluding hydrogens is 488 g/mol. The highest BCUT2D eigenvalue weighted by Gasteiger charge is 2.13. The van der Waals surface area contributed by atoms with Gasteiger partial charge in [-0.25, -0.2) is 0 Å². The van der Waals surface area contributed by atoms with Crippen LogP contribution in [0.25, 0.3) is 22.0 Å². The van der Waals surface area contributed by atoms with E-state index in [0.717, 1.165) is 37.6 Å². The molecule has 172 valence electrons. The average Bonchev–Trinajstić information content (AvgIpc) is 2.89. The number of halogens is 1. The molecule has 5 heteroatoms. The van der Waals surface area contributed by atoms with Crippen molar-refractivity contribution in [1.29, 1.82) is 0 Å². The molecule has 0 aliphatic heterocycles. The first-order valence-corrected chi connectivity index (χ1v) is 11.6. The van der Waals surface area contributed by atoms with E-state index in [1.807, 2.05) is 73.8 Å². The summed E-state index contributed by atoms with van der Waals surface area (Å²) in [6.45, 7) is 12.6. The van der Waals surface area contributed by atoms with Crippen LogP contribution in [-0.4, -0.2) is 16.6 Å². The van der Waals surface area contributed by atoms with Gasteiger partial charge in [0.2, 0.25) is 11.8 Å². The van der Waals surface area contributed by atoms with Crippen molar-refractivity contribution < 1.29 is 9.47 Å². The van der Waals surface area contributed by atoms with Gasteiger partial charge in [0.15, 0.2) is 0 Å². The van der Waals surface area contributed by atoms with Crippen LogP contribution in [0.15, 0.2) is 115 Å². The van der Waals surface area contributed by atoms with Crippen LogP contribution in [0.2, 0.25) is 0 Å². The fraction of sp³-hybridized carbons (Fsp3) is 0.103. The van der Waals surface area contributed by atoms with Gasteiger partial charge in [-0.1, -0.05) is 65.0 Å². The first-order valence-electron chi connectivity index (χ1n) is 10.8. The molecule has 0 fully saturated rings. The van der Waals surface area contributed by atoms with Gasteiger partial charge in [-0.05, 0) is 48.4 Å². The molecule has 2 aromatic heterocycles. The van der Waals surface area contributed by atoms with E-state index in [-0.39, 0.29) is 0 Å². The van der Waals surface area contributed by atoms with E-state index in [1.165, 1.54) is 0 Å². The smallest absolute Gasteiger partial charge is 0.225 e. The first-order chi connectivity index (χ1) is 16.7. The SMILES string of the molecule is C=C.C=C/C(=C\C)COc1ccc(-c2cnc3ccc(Br)cc3c2)c(OCc2ccccc2)n1. The fourth-order valence-electron chi connectivity index (χ4n) is 3.23. The molecule has 2 heterocycles. The maximum atomic E-state index is 6.15. The zero-order valence-corrected chi connectivity index (χ0v) is 20.8. The topological polar surface area (TPSA) is 44.2 Å². The van der Waals surface area contributed by atoms with Crippen molar-refractivity contribution in [2.75, 3.05) is 6.61 Å². The number of rotatable bonds is 8. The highest BCUT2D eigenvalue weighted by molar-refractivity contribution is 9.10. The van der Waals surface area contributed by atoms with Gasteiger partial charge >= 0.3 is 0 Å². The Morgan fingerprint density at radius 1 is 1.00 bits per heavy atom. The lowest BCUT2D eigenvalue weighted by molar-refractivity contribution is 0.283. The molecule has 0 aliphatic rings. The minimum atomic E-state index is 0.399. The molecule has 0 spiro atoms. The number of benzene rings is 2. The molecule has 0 saturated heterocycles. The highest BCUT2D eigenvalue weighted by Crippen LogP contribution is 2.33. The maximum Gasteiger partial charge on any atom is 0.225 e. The third kappa shape index (κ3) is 6.42. The molecular formula is C29H27BrN2O2. The van der Waals surface area contributed by atoms with E-state index >= 15 is 0 Å². The number of fused-ring (bicyclic) bond motifs is 1. The largest absolute Gasteiger partial charge is 0.473 e. The quantitative estimate of drug-likeness (QED) is 0.176. The van der Waals surface area contributed by atoms with Crippen molar-refractivity contribution in [3.8, 4) is 22.9 Å². The van der Waals surface area contributed by atoms with Crippen molar-refractivity contribution in [3.63, 3.8) is 0 Å². The Kier molecular flexibility index (Phi) is 9.18. The summed E-state index contributed by atoms with van der Waals surface area (Å²) in [5.41, 5.74) is 4.78. The predicted molar refractivity (Wildman–Crippen MR) is 144 cm³/mol. The molecule has 0 N–H and O–H groups in total. The normalized spacial score (nSPS) is 10.8. The second-order valence-electron chi connectivity index (χ2n) is 7.19. The monoisotopic (exact) mass is 514 g/mol. The van der Waals surface area contributed by atoms with Crippen molar-refractivity contribution >= 4 is 26.8 Å². The molecule has 2 aromatic carbocycles. The second-order valence-corrected chi connectivity index (χ2v) is 8.11. The number of ether oxygens (including phenoxy) is 2. The Balaban J connectivity index is 0.00000158. The molecule has 0 atom stereocenters. The minimum Gasteiger partial charge on any atom is -0.473 e. The number of allylic oxidation sites excluding steroid dienone is 1. The van der Waals surface area contributed by atoms with E-state index in [1.54, 1.807) is 6.08 Å². The van der Waals surface area contributed by atoms with Gasteiger partial charge in [0.25, 0.3) is 0 Å². The summed E-state index contributed by atoms with van der Waals surface area (Å²) < 4.78 is 13.0. The number of hydrogen-bond donors (Lipinski definition) is 0. The van der Waals surface area contributed by atoms with E-state index in [0.29, 0.717) is 25.0 Å². The maximum absolute atomic E-state index is 6.15. The summed E-state index contributed by atoms with van der Waals surface area (Å²) in [6, 6.07) is 22.0. The minimum absolute atomic E-state index is 0.399. The zero-order valence-electron chi connectivity index (χ0n) is 19.2. The second kappa shape index (κ2) is 12.5. The lowest BCUT2D eigenvalue weighted by Gasteiger charge is -2.14.